The molecular weight excluding hydrogens is 426 g/mol. The average molecular weight is 460 g/mol. The highest BCUT2D eigenvalue weighted by Crippen LogP contribution is 2.31. The van der Waals surface area contributed by atoms with Gasteiger partial charge in [-0.1, -0.05) is 29.8 Å². The van der Waals surface area contributed by atoms with Gasteiger partial charge in [0.05, 0.1) is 11.2 Å². The summed E-state index contributed by atoms with van der Waals surface area (Å²) in [5.41, 5.74) is 5.43. The summed E-state index contributed by atoms with van der Waals surface area (Å²) in [5, 5.41) is 4.28. The first-order valence-electron chi connectivity index (χ1n) is 11.9. The van der Waals surface area contributed by atoms with Crippen LogP contribution in [0.5, 0.6) is 0 Å². The summed E-state index contributed by atoms with van der Waals surface area (Å²) in [7, 11) is 0. The highest BCUT2D eigenvalue weighted by molar-refractivity contribution is 6.38. The number of aromatic nitrogens is 3. The molecule has 0 unspecified atom stereocenters. The van der Waals surface area contributed by atoms with Crippen LogP contribution in [0.2, 0.25) is 0 Å². The molecule has 178 valence electrons. The first-order valence-corrected chi connectivity index (χ1v) is 11.9. The third-order valence-corrected chi connectivity index (χ3v) is 6.45. The minimum atomic E-state index is -0.166. The smallest absolute Gasteiger partial charge is 0.265 e. The van der Waals surface area contributed by atoms with Crippen LogP contribution >= 0.6 is 0 Å². The second kappa shape index (κ2) is 10.7. The number of benzene rings is 1. The molecule has 1 aliphatic heterocycles. The van der Waals surface area contributed by atoms with Gasteiger partial charge in [-0.3, -0.25) is 9.36 Å². The van der Waals surface area contributed by atoms with Crippen molar-refractivity contribution in [3.63, 3.8) is 0 Å². The topological polar surface area (TPSA) is 81.4 Å². The number of fused-ring (bicyclic) bond motifs is 1. The molecule has 0 aliphatic carbocycles. The molecule has 0 bridgehead atoms. The van der Waals surface area contributed by atoms with Crippen molar-refractivity contribution >= 4 is 28.2 Å². The molecule has 0 spiro atoms. The zero-order valence-electron chi connectivity index (χ0n) is 20.5. The van der Waals surface area contributed by atoms with Crippen molar-refractivity contribution in [2.75, 3.05) is 13.2 Å². The van der Waals surface area contributed by atoms with Gasteiger partial charge >= 0.3 is 0 Å². The van der Waals surface area contributed by atoms with Crippen LogP contribution in [0.1, 0.15) is 51.3 Å². The third-order valence-electron chi connectivity index (χ3n) is 6.45. The van der Waals surface area contributed by atoms with Gasteiger partial charge in [0.15, 0.2) is 5.82 Å². The Morgan fingerprint density at radius 2 is 2.00 bits per heavy atom. The number of ether oxygens (including phenoxy) is 1. The molecule has 1 saturated heterocycles. The summed E-state index contributed by atoms with van der Waals surface area (Å²) in [6.07, 6.45) is 9.45. The lowest BCUT2D eigenvalue weighted by atomic mass is 10.0. The fraction of sp³-hybridized carbons (Fsp3) is 0.407. The van der Waals surface area contributed by atoms with E-state index in [1.807, 2.05) is 13.0 Å². The van der Waals surface area contributed by atoms with Crippen LogP contribution in [-0.4, -0.2) is 45.4 Å². The predicted octanol–water partition coefficient (Wildman–Crippen LogP) is 5.02. The van der Waals surface area contributed by atoms with Gasteiger partial charge in [0.2, 0.25) is 0 Å². The van der Waals surface area contributed by atoms with E-state index in [0.717, 1.165) is 36.9 Å². The number of aliphatic imine (C=N–C) groups is 1. The minimum Gasteiger partial charge on any atom is -0.381 e. The fourth-order valence-corrected chi connectivity index (χ4v) is 4.21. The molecule has 4 rings (SSSR count). The summed E-state index contributed by atoms with van der Waals surface area (Å²) < 4.78 is 7.46. The molecule has 3 aromatic rings. The molecule has 34 heavy (non-hydrogen) atoms. The summed E-state index contributed by atoms with van der Waals surface area (Å²) in [4.78, 5) is 26.5. The summed E-state index contributed by atoms with van der Waals surface area (Å²) >= 11 is 0. The number of amides is 1. The number of nitrogens with one attached hydrogen (secondary N) is 1. The Hall–Kier alpha value is -3.32. The minimum absolute atomic E-state index is 0.121. The van der Waals surface area contributed by atoms with Crippen molar-refractivity contribution < 1.29 is 9.53 Å². The van der Waals surface area contributed by atoms with Gasteiger partial charge in [-0.15, -0.1) is 0 Å². The number of carbonyl (C=O) groups excluding carboxylic acids is 1. The lowest BCUT2D eigenvalue weighted by molar-refractivity contribution is -0.116. The Balaban J connectivity index is 1.70. The van der Waals surface area contributed by atoms with E-state index in [-0.39, 0.29) is 11.9 Å². The average Bonchev–Trinajstić information content (AvgIpc) is 3.22. The monoisotopic (exact) mass is 459 g/mol. The van der Waals surface area contributed by atoms with Gasteiger partial charge in [0.25, 0.3) is 5.91 Å². The van der Waals surface area contributed by atoms with E-state index in [0.29, 0.717) is 30.4 Å². The van der Waals surface area contributed by atoms with Gasteiger partial charge < -0.3 is 10.1 Å². The van der Waals surface area contributed by atoms with Crippen LogP contribution in [-0.2, 0) is 16.0 Å². The number of hydrogen-bond acceptors (Lipinski definition) is 5. The van der Waals surface area contributed by atoms with Crippen LogP contribution in [0.15, 0.2) is 53.4 Å². The Kier molecular flexibility index (Phi) is 7.53. The lowest BCUT2D eigenvalue weighted by Gasteiger charge is -2.23. The van der Waals surface area contributed by atoms with Crippen LogP contribution in [0.3, 0.4) is 0 Å². The Morgan fingerprint density at radius 1 is 1.24 bits per heavy atom. The number of para-hydroxylation sites is 1. The number of hydrogen-bond donors (Lipinski definition) is 1. The van der Waals surface area contributed by atoms with Gasteiger partial charge in [0.1, 0.15) is 17.7 Å². The first-order chi connectivity index (χ1) is 16.5. The van der Waals surface area contributed by atoms with E-state index in [4.69, 9.17) is 9.73 Å². The normalized spacial score (nSPS) is 15.6. The summed E-state index contributed by atoms with van der Waals surface area (Å²) in [6.45, 7) is 9.22. The van der Waals surface area contributed by atoms with Gasteiger partial charge in [-0.05, 0) is 65.0 Å². The Morgan fingerprint density at radius 3 is 2.76 bits per heavy atom. The lowest BCUT2D eigenvalue weighted by Crippen LogP contribution is -2.41. The van der Waals surface area contributed by atoms with Crippen LogP contribution in [0.25, 0.3) is 16.7 Å². The second-order valence-electron chi connectivity index (χ2n) is 8.87. The molecule has 2 aromatic heterocycles. The second-order valence-corrected chi connectivity index (χ2v) is 8.87. The highest BCUT2D eigenvalue weighted by Gasteiger charge is 2.20. The van der Waals surface area contributed by atoms with Crippen molar-refractivity contribution in [2.45, 2.75) is 59.4 Å². The third kappa shape index (κ3) is 5.25. The van der Waals surface area contributed by atoms with E-state index < -0.39 is 0 Å². The van der Waals surface area contributed by atoms with Crippen molar-refractivity contribution in [3.05, 3.63) is 59.7 Å². The number of nitrogens with zero attached hydrogens (tertiary/aromatic N) is 4. The van der Waals surface area contributed by atoms with Crippen molar-refractivity contribution in [1.82, 2.24) is 19.9 Å². The predicted molar refractivity (Wildman–Crippen MR) is 136 cm³/mol. The van der Waals surface area contributed by atoms with E-state index in [9.17, 15) is 4.79 Å². The molecule has 1 fully saturated rings. The van der Waals surface area contributed by atoms with Gasteiger partial charge in [-0.25, -0.2) is 15.0 Å². The van der Waals surface area contributed by atoms with E-state index in [1.54, 1.807) is 13.3 Å². The zero-order chi connectivity index (χ0) is 24.1. The maximum Gasteiger partial charge on any atom is 0.265 e. The quantitative estimate of drug-likeness (QED) is 0.398. The van der Waals surface area contributed by atoms with E-state index in [1.165, 1.54) is 16.5 Å². The summed E-state index contributed by atoms with van der Waals surface area (Å²) in [5.74, 6) is 0.511. The van der Waals surface area contributed by atoms with Crippen LogP contribution < -0.4 is 5.32 Å². The fourth-order valence-electron chi connectivity index (χ4n) is 4.21. The largest absolute Gasteiger partial charge is 0.381 e. The van der Waals surface area contributed by atoms with Crippen LogP contribution in [0.4, 0.5) is 5.69 Å². The molecule has 0 saturated carbocycles. The molecule has 7 heteroatoms. The Labute approximate surface area is 201 Å². The molecule has 1 N–H and O–H groups in total. The summed E-state index contributed by atoms with van der Waals surface area (Å²) in [6, 6.07) is 8.46. The first kappa shape index (κ1) is 23.8. The number of aryl methyl sites for hydroxylation is 2. The molecule has 1 amide bonds. The maximum atomic E-state index is 12.8. The van der Waals surface area contributed by atoms with Crippen molar-refractivity contribution in [2.24, 2.45) is 4.99 Å². The van der Waals surface area contributed by atoms with Crippen molar-refractivity contribution in [1.29, 1.82) is 0 Å². The Bertz CT molecular complexity index is 1240. The van der Waals surface area contributed by atoms with E-state index >= 15 is 0 Å². The standard InChI is InChI=1S/C27H33N5O2/c1-5-18(2)10-11-21-16-32(24-9-7-6-8-23(21)24)26-25(19(3)28-17-29-26)30-20(4)27(33)31-22-12-14-34-15-13-22/h5-9,16-17,22H,10-15H2,1-4H3,(H,31,33)/b18-5+,30-20?. The number of rotatable bonds is 7. The van der Waals surface area contributed by atoms with Crippen molar-refractivity contribution in [3.8, 4) is 5.82 Å². The van der Waals surface area contributed by atoms with Gasteiger partial charge in [-0.2, -0.15) is 0 Å². The molecule has 0 atom stereocenters. The molecule has 0 radical (unpaired) electrons. The van der Waals surface area contributed by atoms with E-state index in [2.05, 4.69) is 64.2 Å². The SMILES string of the molecule is C/C=C(\C)CCc1cn(-c2ncnc(C)c2N=C(C)C(=O)NC2CCOCC2)c2ccccc12. The molecule has 3 heterocycles. The zero-order valence-corrected chi connectivity index (χ0v) is 20.5. The maximum absolute atomic E-state index is 12.8. The number of carbonyl (C=O) groups is 1. The van der Waals surface area contributed by atoms with Gasteiger partial charge in [0, 0.05) is 30.8 Å². The van der Waals surface area contributed by atoms with Crippen LogP contribution in [0, 0.1) is 6.92 Å². The highest BCUT2D eigenvalue weighted by atomic mass is 16.5. The molecule has 1 aromatic carbocycles. The molecule has 1 aliphatic rings. The number of allylic oxidation sites excluding steroid dienone is 2. The molecular formula is C27H33N5O2. The molecule has 7 nitrogen and oxygen atoms in total.